The predicted octanol–water partition coefficient (Wildman–Crippen LogP) is 1.90. The van der Waals surface area contributed by atoms with Crippen molar-refractivity contribution in [1.29, 1.82) is 0 Å². The van der Waals surface area contributed by atoms with Crippen LogP contribution < -0.4 is 15.9 Å². The van der Waals surface area contributed by atoms with Gasteiger partial charge in [0.05, 0.1) is 5.35 Å². The second-order valence-corrected chi connectivity index (χ2v) is 7.32. The molecule has 2 aromatic rings. The van der Waals surface area contributed by atoms with Gasteiger partial charge in [-0.2, -0.15) is 5.06 Å². The van der Waals surface area contributed by atoms with Gasteiger partial charge in [0.2, 0.25) is 0 Å². The van der Waals surface area contributed by atoms with Crippen molar-refractivity contribution in [2.45, 2.75) is 27.7 Å². The minimum Gasteiger partial charge on any atom is -0.354 e. The molecule has 27 heavy (non-hydrogen) atoms. The maximum atomic E-state index is 12.8. The van der Waals surface area contributed by atoms with Crippen LogP contribution in [0.5, 0.6) is 0 Å². The van der Waals surface area contributed by atoms with E-state index in [1.807, 2.05) is 20.8 Å². The van der Waals surface area contributed by atoms with Gasteiger partial charge in [0, 0.05) is 46.9 Å². The quantitative estimate of drug-likeness (QED) is 0.711. The van der Waals surface area contributed by atoms with Gasteiger partial charge in [-0.25, -0.2) is 0 Å². The molecule has 0 bridgehead atoms. The summed E-state index contributed by atoms with van der Waals surface area (Å²) in [6.07, 6.45) is 2.20. The van der Waals surface area contributed by atoms with Crippen LogP contribution in [0, 0.1) is 6.92 Å². The SMILES string of the molecule is CCN(O)CCNC(=O)C1=C(C)C2=c3[nH]c4ccc(C)cc4c3=CC2=C1C. The Kier molecular flexibility index (Phi) is 4.29. The van der Waals surface area contributed by atoms with Crippen LogP contribution in [-0.2, 0) is 4.79 Å². The third-order valence-electron chi connectivity index (χ3n) is 5.58. The van der Waals surface area contributed by atoms with Gasteiger partial charge in [0.1, 0.15) is 0 Å². The highest BCUT2D eigenvalue weighted by molar-refractivity contribution is 6.10. The predicted molar refractivity (Wildman–Crippen MR) is 108 cm³/mol. The first kappa shape index (κ1) is 17.8. The molecule has 2 aliphatic rings. The molecule has 140 valence electrons. The van der Waals surface area contributed by atoms with Gasteiger partial charge >= 0.3 is 0 Å². The number of likely N-dealkylation sites (N-methyl/N-ethyl adjacent to an activating group) is 1. The summed E-state index contributed by atoms with van der Waals surface area (Å²) >= 11 is 0. The summed E-state index contributed by atoms with van der Waals surface area (Å²) in [4.78, 5) is 16.3. The van der Waals surface area contributed by atoms with E-state index in [4.69, 9.17) is 0 Å². The number of benzene rings is 1. The number of rotatable bonds is 5. The first-order valence-corrected chi connectivity index (χ1v) is 9.41. The van der Waals surface area contributed by atoms with E-state index in [-0.39, 0.29) is 5.91 Å². The summed E-state index contributed by atoms with van der Waals surface area (Å²) in [7, 11) is 0. The summed E-state index contributed by atoms with van der Waals surface area (Å²) < 4.78 is 0. The summed E-state index contributed by atoms with van der Waals surface area (Å²) in [5.41, 5.74) is 7.41. The lowest BCUT2D eigenvalue weighted by Crippen LogP contribution is -2.34. The van der Waals surface area contributed by atoms with Crippen LogP contribution in [0.25, 0.3) is 22.6 Å². The summed E-state index contributed by atoms with van der Waals surface area (Å²) in [5.74, 6) is -0.0780. The average Bonchev–Trinajstić information content (AvgIpc) is 3.24. The highest BCUT2D eigenvalue weighted by Gasteiger charge is 2.30. The molecule has 0 saturated carbocycles. The van der Waals surface area contributed by atoms with Gasteiger partial charge < -0.3 is 15.5 Å². The lowest BCUT2D eigenvalue weighted by atomic mass is 10.1. The molecule has 2 aliphatic carbocycles. The zero-order valence-electron chi connectivity index (χ0n) is 16.2. The molecule has 0 spiro atoms. The van der Waals surface area contributed by atoms with Crippen molar-refractivity contribution in [3.05, 3.63) is 56.6 Å². The molecule has 3 N–H and O–H groups in total. The topological polar surface area (TPSA) is 68.4 Å². The van der Waals surface area contributed by atoms with Crippen LogP contribution in [0.1, 0.15) is 26.3 Å². The normalized spacial score (nSPS) is 15.7. The number of hydroxylamine groups is 2. The molecule has 5 heteroatoms. The number of allylic oxidation sites excluding steroid dienone is 2. The van der Waals surface area contributed by atoms with Crippen LogP contribution >= 0.6 is 0 Å². The number of H-pyrrole nitrogens is 1. The first-order chi connectivity index (χ1) is 12.9. The molecule has 1 amide bonds. The number of carbonyl (C=O) groups is 1. The highest BCUT2D eigenvalue weighted by Crippen LogP contribution is 2.39. The molecule has 1 heterocycles. The molecule has 0 radical (unpaired) electrons. The minimum atomic E-state index is -0.0780. The molecule has 1 aromatic carbocycles. The number of amides is 1. The summed E-state index contributed by atoms with van der Waals surface area (Å²) in [6.45, 7) is 9.37. The number of carbonyl (C=O) groups excluding carboxylic acids is 1. The van der Waals surface area contributed by atoms with Gasteiger partial charge in [0.25, 0.3) is 5.91 Å². The molecule has 0 aliphatic heterocycles. The lowest BCUT2D eigenvalue weighted by molar-refractivity contribution is -0.118. The van der Waals surface area contributed by atoms with Gasteiger partial charge in [-0.3, -0.25) is 4.79 Å². The van der Waals surface area contributed by atoms with Crippen molar-refractivity contribution in [2.75, 3.05) is 19.6 Å². The van der Waals surface area contributed by atoms with Crippen molar-refractivity contribution in [2.24, 2.45) is 0 Å². The van der Waals surface area contributed by atoms with Crippen molar-refractivity contribution in [3.63, 3.8) is 0 Å². The standard InChI is InChI=1S/C22H25N3O2/c1-5-25(27)9-8-23-22(26)19-13(3)15-11-17-16-10-12(2)6-7-18(16)24-21(17)20(15)14(19)4/h6-7,10-11,24,27H,5,8-9H2,1-4H3,(H,23,26). The largest absolute Gasteiger partial charge is 0.354 e. The van der Waals surface area contributed by atoms with E-state index in [1.54, 1.807) is 0 Å². The Morgan fingerprint density at radius 1 is 1.22 bits per heavy atom. The van der Waals surface area contributed by atoms with Crippen LogP contribution in [0.15, 0.2) is 40.5 Å². The smallest absolute Gasteiger partial charge is 0.251 e. The Morgan fingerprint density at radius 3 is 2.74 bits per heavy atom. The van der Waals surface area contributed by atoms with E-state index >= 15 is 0 Å². The van der Waals surface area contributed by atoms with Crippen molar-refractivity contribution in [1.82, 2.24) is 15.4 Å². The zero-order chi connectivity index (χ0) is 19.3. The molecule has 0 fully saturated rings. The van der Waals surface area contributed by atoms with E-state index in [1.165, 1.54) is 21.2 Å². The molecular weight excluding hydrogens is 338 g/mol. The number of nitrogens with zero attached hydrogens (tertiary/aromatic N) is 1. The number of fused-ring (bicyclic) bond motifs is 4. The van der Waals surface area contributed by atoms with Crippen molar-refractivity contribution < 1.29 is 10.0 Å². The molecule has 5 nitrogen and oxygen atoms in total. The van der Waals surface area contributed by atoms with Crippen LogP contribution in [0.4, 0.5) is 0 Å². The summed E-state index contributed by atoms with van der Waals surface area (Å²) in [5, 5.41) is 17.2. The van der Waals surface area contributed by atoms with Crippen LogP contribution in [-0.4, -0.2) is 40.8 Å². The molecule has 0 saturated heterocycles. The highest BCUT2D eigenvalue weighted by atomic mass is 16.5. The Labute approximate surface area is 158 Å². The third-order valence-corrected chi connectivity index (χ3v) is 5.58. The lowest BCUT2D eigenvalue weighted by Gasteiger charge is -2.13. The van der Waals surface area contributed by atoms with Crippen LogP contribution in [0.2, 0.25) is 0 Å². The van der Waals surface area contributed by atoms with Crippen molar-refractivity contribution >= 4 is 28.5 Å². The van der Waals surface area contributed by atoms with Gasteiger partial charge in [0.15, 0.2) is 0 Å². The molecule has 0 unspecified atom stereocenters. The third kappa shape index (κ3) is 2.74. The Bertz CT molecular complexity index is 1150. The fourth-order valence-corrected chi connectivity index (χ4v) is 4.14. The minimum absolute atomic E-state index is 0.0780. The molecule has 4 rings (SSSR count). The Hall–Kier alpha value is -2.63. The molecule has 0 atom stereocenters. The monoisotopic (exact) mass is 363 g/mol. The van der Waals surface area contributed by atoms with E-state index in [0.717, 1.165) is 38.7 Å². The van der Waals surface area contributed by atoms with E-state index in [2.05, 4.69) is 41.5 Å². The maximum absolute atomic E-state index is 12.8. The first-order valence-electron chi connectivity index (χ1n) is 9.41. The Morgan fingerprint density at radius 2 is 2.00 bits per heavy atom. The average molecular weight is 363 g/mol. The molecule has 1 aromatic heterocycles. The number of nitrogens with one attached hydrogen (secondary N) is 2. The summed E-state index contributed by atoms with van der Waals surface area (Å²) in [6, 6.07) is 6.43. The number of aromatic nitrogens is 1. The number of hydrogen-bond donors (Lipinski definition) is 3. The van der Waals surface area contributed by atoms with Gasteiger partial charge in [-0.1, -0.05) is 18.6 Å². The molecular formula is C22H25N3O2. The van der Waals surface area contributed by atoms with Crippen molar-refractivity contribution in [3.8, 4) is 0 Å². The van der Waals surface area contributed by atoms with E-state index in [9.17, 15) is 10.0 Å². The fraction of sp³-hybridized carbons (Fsp3) is 0.318. The second-order valence-electron chi connectivity index (χ2n) is 7.32. The zero-order valence-corrected chi connectivity index (χ0v) is 16.2. The van der Waals surface area contributed by atoms with Gasteiger partial charge in [-0.15, -0.1) is 0 Å². The second kappa shape index (κ2) is 6.51. The Balaban J connectivity index is 1.74. The fourth-order valence-electron chi connectivity index (χ4n) is 4.14. The van der Waals surface area contributed by atoms with E-state index in [0.29, 0.717) is 19.6 Å². The van der Waals surface area contributed by atoms with Gasteiger partial charge in [-0.05, 0) is 55.7 Å². The maximum Gasteiger partial charge on any atom is 0.251 e. The number of aromatic amines is 1. The van der Waals surface area contributed by atoms with Crippen LogP contribution in [0.3, 0.4) is 0 Å². The number of hydrogen-bond acceptors (Lipinski definition) is 3. The number of aryl methyl sites for hydroxylation is 1. The van der Waals surface area contributed by atoms with E-state index < -0.39 is 0 Å².